The molecule has 0 aromatic heterocycles. The molecule has 0 radical (unpaired) electrons. The third-order valence-corrected chi connectivity index (χ3v) is 3.62. The van der Waals surface area contributed by atoms with Crippen molar-refractivity contribution in [3.8, 4) is 0 Å². The second kappa shape index (κ2) is 8.34. The van der Waals surface area contributed by atoms with E-state index < -0.39 is 29.3 Å². The molecule has 1 aromatic carbocycles. The van der Waals surface area contributed by atoms with Crippen LogP contribution in [0.2, 0.25) is 0 Å². The number of esters is 1. The van der Waals surface area contributed by atoms with Crippen LogP contribution in [0.4, 0.5) is 4.79 Å². The average molecular weight is 351 g/mol. The van der Waals surface area contributed by atoms with Gasteiger partial charge >= 0.3 is 12.1 Å². The lowest BCUT2D eigenvalue weighted by Gasteiger charge is -2.36. The maximum atomic E-state index is 12.6. The van der Waals surface area contributed by atoms with Crippen molar-refractivity contribution in [3.05, 3.63) is 35.9 Å². The lowest BCUT2D eigenvalue weighted by atomic mass is 9.87. The number of amides is 1. The van der Waals surface area contributed by atoms with Gasteiger partial charge in [-0.2, -0.15) is 0 Å². The number of alkyl carbamates (subject to hydrolysis) is 1. The van der Waals surface area contributed by atoms with Gasteiger partial charge in [-0.3, -0.25) is 0 Å². The SMILES string of the molecule is CC(C)[C@H](O)[C@@](C)(NC(=O)OCc1ccccc1)C(=O)OC(C)(C)C. The highest BCUT2D eigenvalue weighted by molar-refractivity contribution is 5.86. The number of aliphatic hydroxyl groups excluding tert-OH is 1. The summed E-state index contributed by atoms with van der Waals surface area (Å²) in [6.45, 7) is 10.2. The van der Waals surface area contributed by atoms with E-state index in [0.717, 1.165) is 5.56 Å². The molecule has 6 nitrogen and oxygen atoms in total. The van der Waals surface area contributed by atoms with Crippen molar-refractivity contribution in [2.75, 3.05) is 0 Å². The van der Waals surface area contributed by atoms with Crippen LogP contribution in [0.1, 0.15) is 47.1 Å². The van der Waals surface area contributed by atoms with Gasteiger partial charge in [-0.15, -0.1) is 0 Å². The molecule has 140 valence electrons. The Morgan fingerprint density at radius 1 is 1.12 bits per heavy atom. The van der Waals surface area contributed by atoms with Gasteiger partial charge in [-0.25, -0.2) is 9.59 Å². The van der Waals surface area contributed by atoms with E-state index in [1.54, 1.807) is 34.6 Å². The maximum Gasteiger partial charge on any atom is 0.408 e. The Morgan fingerprint density at radius 2 is 1.68 bits per heavy atom. The summed E-state index contributed by atoms with van der Waals surface area (Å²) in [6.07, 6.45) is -1.93. The minimum atomic E-state index is -1.62. The van der Waals surface area contributed by atoms with E-state index in [0.29, 0.717) is 0 Å². The molecule has 0 saturated carbocycles. The molecule has 1 rings (SSSR count). The van der Waals surface area contributed by atoms with Gasteiger partial charge in [0, 0.05) is 0 Å². The first-order valence-corrected chi connectivity index (χ1v) is 8.36. The summed E-state index contributed by atoms with van der Waals surface area (Å²) in [7, 11) is 0. The standard InChI is InChI=1S/C19H29NO5/c1-13(2)15(21)19(6,16(22)25-18(3,4)5)20-17(23)24-12-14-10-8-7-9-11-14/h7-11,13,15,21H,12H2,1-6H3,(H,20,23)/t15-,19+/m0/s1. The van der Waals surface area contributed by atoms with Gasteiger partial charge in [-0.05, 0) is 39.2 Å². The molecule has 0 aliphatic carbocycles. The molecule has 2 atom stereocenters. The number of ether oxygens (including phenoxy) is 2. The van der Waals surface area contributed by atoms with Crippen LogP contribution in [0, 0.1) is 5.92 Å². The van der Waals surface area contributed by atoms with Gasteiger partial charge < -0.3 is 19.9 Å². The quantitative estimate of drug-likeness (QED) is 0.770. The predicted molar refractivity (Wildman–Crippen MR) is 94.9 cm³/mol. The highest BCUT2D eigenvalue weighted by Gasteiger charge is 2.46. The Balaban J connectivity index is 2.85. The minimum Gasteiger partial charge on any atom is -0.458 e. The summed E-state index contributed by atoms with van der Waals surface area (Å²) in [4.78, 5) is 24.8. The molecule has 0 fully saturated rings. The van der Waals surface area contributed by atoms with Crippen molar-refractivity contribution in [2.45, 2.75) is 65.4 Å². The fraction of sp³-hybridized carbons (Fsp3) is 0.579. The number of benzene rings is 1. The van der Waals surface area contributed by atoms with E-state index >= 15 is 0 Å². The van der Waals surface area contributed by atoms with Gasteiger partial charge in [0.05, 0.1) is 6.10 Å². The zero-order valence-corrected chi connectivity index (χ0v) is 15.8. The van der Waals surface area contributed by atoms with E-state index in [1.807, 2.05) is 30.3 Å². The highest BCUT2D eigenvalue weighted by Crippen LogP contribution is 2.23. The van der Waals surface area contributed by atoms with E-state index in [-0.39, 0.29) is 12.5 Å². The molecule has 25 heavy (non-hydrogen) atoms. The molecule has 1 aromatic rings. The van der Waals surface area contributed by atoms with Crippen molar-refractivity contribution < 1.29 is 24.2 Å². The van der Waals surface area contributed by atoms with Crippen LogP contribution in [0.25, 0.3) is 0 Å². The molecule has 0 saturated heterocycles. The van der Waals surface area contributed by atoms with Crippen LogP contribution in [0.3, 0.4) is 0 Å². The number of rotatable bonds is 6. The molecule has 0 aliphatic rings. The monoisotopic (exact) mass is 351 g/mol. The van der Waals surface area contributed by atoms with Crippen LogP contribution in [-0.2, 0) is 20.9 Å². The molecular weight excluding hydrogens is 322 g/mol. The molecular formula is C19H29NO5. The summed E-state index contributed by atoms with van der Waals surface area (Å²) in [6, 6.07) is 9.18. The summed E-state index contributed by atoms with van der Waals surface area (Å²) in [5.41, 5.74) is -1.54. The molecule has 0 aliphatic heterocycles. The maximum absolute atomic E-state index is 12.6. The highest BCUT2D eigenvalue weighted by atomic mass is 16.6. The lowest BCUT2D eigenvalue weighted by Crippen LogP contribution is -2.62. The molecule has 1 amide bonds. The van der Waals surface area contributed by atoms with Gasteiger partial charge in [0.1, 0.15) is 12.2 Å². The Hall–Kier alpha value is -2.08. The smallest absolute Gasteiger partial charge is 0.408 e. The average Bonchev–Trinajstić information content (AvgIpc) is 2.51. The second-order valence-electron chi connectivity index (χ2n) is 7.58. The normalized spacial score (nSPS) is 15.2. The number of aliphatic hydroxyl groups is 1. The zero-order valence-electron chi connectivity index (χ0n) is 15.8. The number of hydrogen-bond donors (Lipinski definition) is 2. The zero-order chi connectivity index (χ0) is 19.3. The third kappa shape index (κ3) is 6.38. The number of carbonyl (C=O) groups excluding carboxylic acids is 2. The van der Waals surface area contributed by atoms with Crippen molar-refractivity contribution in [2.24, 2.45) is 5.92 Å². The van der Waals surface area contributed by atoms with Crippen LogP contribution in [0.5, 0.6) is 0 Å². The Kier molecular flexibility index (Phi) is 6.99. The molecule has 0 bridgehead atoms. The van der Waals surface area contributed by atoms with E-state index in [1.165, 1.54) is 6.92 Å². The van der Waals surface area contributed by atoms with E-state index in [2.05, 4.69) is 5.32 Å². The summed E-state index contributed by atoms with van der Waals surface area (Å²) < 4.78 is 10.5. The summed E-state index contributed by atoms with van der Waals surface area (Å²) in [5.74, 6) is -0.982. The summed E-state index contributed by atoms with van der Waals surface area (Å²) in [5, 5.41) is 13.0. The van der Waals surface area contributed by atoms with Crippen LogP contribution in [-0.4, -0.2) is 34.4 Å². The van der Waals surface area contributed by atoms with E-state index in [9.17, 15) is 14.7 Å². The molecule has 0 unspecified atom stereocenters. The topological polar surface area (TPSA) is 84.9 Å². The fourth-order valence-corrected chi connectivity index (χ4v) is 2.27. The third-order valence-electron chi connectivity index (χ3n) is 3.62. The number of hydrogen-bond acceptors (Lipinski definition) is 5. The Labute approximate surface area is 149 Å². The fourth-order valence-electron chi connectivity index (χ4n) is 2.27. The first kappa shape index (κ1) is 21.0. The lowest BCUT2D eigenvalue weighted by molar-refractivity contribution is -0.168. The van der Waals surface area contributed by atoms with E-state index in [4.69, 9.17) is 9.47 Å². The molecule has 0 heterocycles. The van der Waals surface area contributed by atoms with Gasteiger partial charge in [0.2, 0.25) is 0 Å². The first-order chi connectivity index (χ1) is 11.5. The van der Waals surface area contributed by atoms with Crippen LogP contribution in [0.15, 0.2) is 30.3 Å². The van der Waals surface area contributed by atoms with Gasteiger partial charge in [0.15, 0.2) is 5.54 Å². The van der Waals surface area contributed by atoms with Crippen molar-refractivity contribution >= 4 is 12.1 Å². The van der Waals surface area contributed by atoms with Crippen molar-refractivity contribution in [1.29, 1.82) is 0 Å². The molecule has 0 spiro atoms. The number of nitrogens with one attached hydrogen (secondary N) is 1. The first-order valence-electron chi connectivity index (χ1n) is 8.36. The second-order valence-corrected chi connectivity index (χ2v) is 7.58. The van der Waals surface area contributed by atoms with Crippen molar-refractivity contribution in [3.63, 3.8) is 0 Å². The molecule has 6 heteroatoms. The van der Waals surface area contributed by atoms with Crippen LogP contribution < -0.4 is 5.32 Å². The van der Waals surface area contributed by atoms with Crippen LogP contribution >= 0.6 is 0 Å². The minimum absolute atomic E-state index is 0.0643. The number of carbonyl (C=O) groups is 2. The van der Waals surface area contributed by atoms with Crippen molar-refractivity contribution in [1.82, 2.24) is 5.32 Å². The molecule has 2 N–H and O–H groups in total. The predicted octanol–water partition coefficient (Wildman–Crippen LogP) is 3.03. The van der Waals surface area contributed by atoms with Gasteiger partial charge in [0.25, 0.3) is 0 Å². The van der Waals surface area contributed by atoms with Gasteiger partial charge in [-0.1, -0.05) is 44.2 Å². The Morgan fingerprint density at radius 3 is 2.16 bits per heavy atom. The Bertz CT molecular complexity index is 579. The largest absolute Gasteiger partial charge is 0.458 e. The summed E-state index contributed by atoms with van der Waals surface area (Å²) >= 11 is 0.